The Balaban J connectivity index is 1.92. The highest BCUT2D eigenvalue weighted by molar-refractivity contribution is 4.92. The fourth-order valence-corrected chi connectivity index (χ4v) is 2.61. The number of hydrogen-bond acceptors (Lipinski definition) is 2. The van der Waals surface area contributed by atoms with Crippen molar-refractivity contribution >= 4 is 0 Å². The van der Waals surface area contributed by atoms with Gasteiger partial charge in [0.1, 0.15) is 0 Å². The highest BCUT2D eigenvalue weighted by atomic mass is 15.0. The van der Waals surface area contributed by atoms with Crippen LogP contribution in [-0.2, 0) is 0 Å². The molecule has 1 aliphatic heterocycles. The maximum absolute atomic E-state index is 5.63. The molecule has 1 saturated carbocycles. The van der Waals surface area contributed by atoms with Gasteiger partial charge in [-0.2, -0.15) is 0 Å². The molecule has 0 bridgehead atoms. The van der Waals surface area contributed by atoms with E-state index in [2.05, 4.69) is 5.32 Å². The molecule has 0 aromatic rings. The van der Waals surface area contributed by atoms with Crippen molar-refractivity contribution < 1.29 is 0 Å². The van der Waals surface area contributed by atoms with E-state index in [0.717, 1.165) is 18.5 Å². The van der Waals surface area contributed by atoms with Crippen LogP contribution in [0.4, 0.5) is 0 Å². The van der Waals surface area contributed by atoms with E-state index in [1.807, 2.05) is 0 Å². The standard InChI is InChI=1S/C9H18N2/c10-6-8-5-7-3-1-2-4-9(7)11-8/h7-9,11H,1-6,10H2/t7-,8-,9-/m0/s1. The van der Waals surface area contributed by atoms with E-state index in [9.17, 15) is 0 Å². The molecule has 64 valence electrons. The fraction of sp³-hybridized carbons (Fsp3) is 1.00. The largest absolute Gasteiger partial charge is 0.329 e. The fourth-order valence-electron chi connectivity index (χ4n) is 2.61. The van der Waals surface area contributed by atoms with Gasteiger partial charge in [-0.15, -0.1) is 0 Å². The van der Waals surface area contributed by atoms with Crippen LogP contribution in [0, 0.1) is 5.92 Å². The van der Waals surface area contributed by atoms with E-state index in [4.69, 9.17) is 5.73 Å². The average molecular weight is 154 g/mol. The van der Waals surface area contributed by atoms with Gasteiger partial charge in [-0.25, -0.2) is 0 Å². The first-order valence-electron chi connectivity index (χ1n) is 4.86. The van der Waals surface area contributed by atoms with Crippen LogP contribution in [0.15, 0.2) is 0 Å². The van der Waals surface area contributed by atoms with E-state index in [-0.39, 0.29) is 0 Å². The molecule has 2 aliphatic rings. The summed E-state index contributed by atoms with van der Waals surface area (Å²) < 4.78 is 0. The average Bonchev–Trinajstić information content (AvgIpc) is 2.46. The summed E-state index contributed by atoms with van der Waals surface area (Å²) in [6.45, 7) is 0.826. The first-order chi connectivity index (χ1) is 5.40. The van der Waals surface area contributed by atoms with E-state index in [1.165, 1.54) is 32.1 Å². The van der Waals surface area contributed by atoms with Gasteiger partial charge in [-0.3, -0.25) is 0 Å². The summed E-state index contributed by atoms with van der Waals surface area (Å²) in [4.78, 5) is 0. The van der Waals surface area contributed by atoms with Crippen LogP contribution in [0.5, 0.6) is 0 Å². The zero-order valence-corrected chi connectivity index (χ0v) is 7.05. The van der Waals surface area contributed by atoms with Gasteiger partial charge in [0.15, 0.2) is 0 Å². The minimum atomic E-state index is 0.628. The van der Waals surface area contributed by atoms with Crippen molar-refractivity contribution in [3.05, 3.63) is 0 Å². The predicted molar refractivity (Wildman–Crippen MR) is 46.3 cm³/mol. The van der Waals surface area contributed by atoms with Crippen molar-refractivity contribution in [1.82, 2.24) is 5.32 Å². The van der Waals surface area contributed by atoms with Crippen molar-refractivity contribution in [3.8, 4) is 0 Å². The minimum Gasteiger partial charge on any atom is -0.329 e. The summed E-state index contributed by atoms with van der Waals surface area (Å²) in [6, 6.07) is 1.44. The second kappa shape index (κ2) is 3.11. The van der Waals surface area contributed by atoms with Gasteiger partial charge < -0.3 is 11.1 Å². The van der Waals surface area contributed by atoms with E-state index >= 15 is 0 Å². The molecule has 11 heavy (non-hydrogen) atoms. The van der Waals surface area contributed by atoms with Gasteiger partial charge in [-0.05, 0) is 25.2 Å². The van der Waals surface area contributed by atoms with E-state index in [0.29, 0.717) is 6.04 Å². The first kappa shape index (κ1) is 7.56. The molecule has 1 heterocycles. The zero-order chi connectivity index (χ0) is 7.68. The van der Waals surface area contributed by atoms with Crippen LogP contribution in [-0.4, -0.2) is 18.6 Å². The molecular weight excluding hydrogens is 136 g/mol. The molecule has 2 nitrogen and oxygen atoms in total. The highest BCUT2D eigenvalue weighted by Gasteiger charge is 2.33. The van der Waals surface area contributed by atoms with E-state index in [1.54, 1.807) is 0 Å². The Morgan fingerprint density at radius 3 is 2.82 bits per heavy atom. The third kappa shape index (κ3) is 1.42. The van der Waals surface area contributed by atoms with Crippen LogP contribution >= 0.6 is 0 Å². The number of hydrogen-bond donors (Lipinski definition) is 2. The Labute approximate surface area is 68.5 Å². The highest BCUT2D eigenvalue weighted by Crippen LogP contribution is 2.32. The molecule has 2 heteroatoms. The second-order valence-electron chi connectivity index (χ2n) is 3.99. The third-order valence-electron chi connectivity index (χ3n) is 3.23. The SMILES string of the molecule is NC[C@@H]1C[C@@H]2CCCC[C@@H]2N1. The molecule has 3 atom stereocenters. The maximum atomic E-state index is 5.63. The number of nitrogens with two attached hydrogens (primary N) is 1. The molecule has 0 aromatic heterocycles. The topological polar surface area (TPSA) is 38.0 Å². The quantitative estimate of drug-likeness (QED) is 0.588. The van der Waals surface area contributed by atoms with Crippen molar-refractivity contribution in [2.45, 2.75) is 44.2 Å². The van der Waals surface area contributed by atoms with Crippen molar-refractivity contribution in [2.24, 2.45) is 11.7 Å². The summed E-state index contributed by atoms with van der Waals surface area (Å²) in [7, 11) is 0. The number of rotatable bonds is 1. The van der Waals surface area contributed by atoms with Gasteiger partial charge in [-0.1, -0.05) is 12.8 Å². The molecule has 0 radical (unpaired) electrons. The summed E-state index contributed by atoms with van der Waals surface area (Å²) >= 11 is 0. The normalized spacial score (nSPS) is 43.9. The summed E-state index contributed by atoms with van der Waals surface area (Å²) in [5.41, 5.74) is 5.63. The molecule has 0 aromatic carbocycles. The lowest BCUT2D eigenvalue weighted by atomic mass is 9.85. The second-order valence-corrected chi connectivity index (χ2v) is 3.99. The molecular formula is C9H18N2. The predicted octanol–water partition coefficient (Wildman–Crippen LogP) is 0.866. The van der Waals surface area contributed by atoms with Crippen molar-refractivity contribution in [3.63, 3.8) is 0 Å². The molecule has 2 fully saturated rings. The van der Waals surface area contributed by atoms with Crippen LogP contribution in [0.1, 0.15) is 32.1 Å². The van der Waals surface area contributed by atoms with Gasteiger partial charge in [0.05, 0.1) is 0 Å². The Hall–Kier alpha value is -0.0800. The van der Waals surface area contributed by atoms with Crippen molar-refractivity contribution in [2.75, 3.05) is 6.54 Å². The molecule has 0 spiro atoms. The summed E-state index contributed by atoms with van der Waals surface area (Å²) in [5.74, 6) is 0.956. The monoisotopic (exact) mass is 154 g/mol. The summed E-state index contributed by atoms with van der Waals surface area (Å²) in [5, 5.41) is 3.62. The lowest BCUT2D eigenvalue weighted by Gasteiger charge is -2.24. The number of nitrogens with one attached hydrogen (secondary N) is 1. The molecule has 2 rings (SSSR count). The van der Waals surface area contributed by atoms with Gasteiger partial charge in [0.25, 0.3) is 0 Å². The lowest BCUT2D eigenvalue weighted by molar-refractivity contribution is 0.325. The maximum Gasteiger partial charge on any atom is 0.0196 e. The first-order valence-corrected chi connectivity index (χ1v) is 4.86. The third-order valence-corrected chi connectivity index (χ3v) is 3.23. The minimum absolute atomic E-state index is 0.628. The number of fused-ring (bicyclic) bond motifs is 1. The van der Waals surface area contributed by atoms with Crippen LogP contribution < -0.4 is 11.1 Å². The summed E-state index contributed by atoms with van der Waals surface area (Å²) in [6.07, 6.45) is 7.03. The molecule has 1 aliphatic carbocycles. The molecule has 0 unspecified atom stereocenters. The van der Waals surface area contributed by atoms with Crippen LogP contribution in [0.25, 0.3) is 0 Å². The van der Waals surface area contributed by atoms with Crippen LogP contribution in [0.3, 0.4) is 0 Å². The Bertz CT molecular complexity index is 122. The van der Waals surface area contributed by atoms with Gasteiger partial charge in [0.2, 0.25) is 0 Å². The molecule has 0 amide bonds. The Kier molecular flexibility index (Phi) is 2.14. The van der Waals surface area contributed by atoms with Gasteiger partial charge in [0, 0.05) is 18.6 Å². The molecule has 3 N–H and O–H groups in total. The Morgan fingerprint density at radius 2 is 2.09 bits per heavy atom. The van der Waals surface area contributed by atoms with Crippen LogP contribution in [0.2, 0.25) is 0 Å². The van der Waals surface area contributed by atoms with Gasteiger partial charge >= 0.3 is 0 Å². The lowest BCUT2D eigenvalue weighted by Crippen LogP contribution is -2.36. The Morgan fingerprint density at radius 1 is 1.27 bits per heavy atom. The van der Waals surface area contributed by atoms with E-state index < -0.39 is 0 Å². The zero-order valence-electron chi connectivity index (χ0n) is 7.05. The molecule has 1 saturated heterocycles. The smallest absolute Gasteiger partial charge is 0.0196 e. The van der Waals surface area contributed by atoms with Crippen molar-refractivity contribution in [1.29, 1.82) is 0 Å².